The van der Waals surface area contributed by atoms with Gasteiger partial charge in [-0.05, 0) is 45.0 Å². The summed E-state index contributed by atoms with van der Waals surface area (Å²) in [6, 6.07) is 4.13. The first kappa shape index (κ1) is 22.8. The van der Waals surface area contributed by atoms with Crippen molar-refractivity contribution in [3.8, 4) is 0 Å². The monoisotopic (exact) mass is 478 g/mol. The van der Waals surface area contributed by atoms with E-state index in [-0.39, 0.29) is 41.9 Å². The molecular weight excluding hydrogens is 447 g/mol. The third kappa shape index (κ3) is 6.79. The number of carbonyl (C=O) groups excluding carboxylic acids is 1. The minimum Gasteiger partial charge on any atom is -0.469 e. The molecule has 8 heteroatoms. The summed E-state index contributed by atoms with van der Waals surface area (Å²) in [5, 5.41) is 6.61. The van der Waals surface area contributed by atoms with Gasteiger partial charge in [0, 0.05) is 13.1 Å². The van der Waals surface area contributed by atoms with Crippen LogP contribution >= 0.6 is 24.0 Å². The smallest absolute Gasteiger partial charge is 0.310 e. The second-order valence-electron chi connectivity index (χ2n) is 6.30. The summed E-state index contributed by atoms with van der Waals surface area (Å²) < 4.78 is 10.4. The summed E-state index contributed by atoms with van der Waals surface area (Å²) in [6.07, 6.45) is 4.17. The maximum Gasteiger partial charge on any atom is 0.310 e. The zero-order valence-electron chi connectivity index (χ0n) is 15.9. The fourth-order valence-electron chi connectivity index (χ4n) is 2.98. The van der Waals surface area contributed by atoms with E-state index >= 15 is 0 Å². The number of esters is 1. The van der Waals surface area contributed by atoms with Crippen LogP contribution in [0.15, 0.2) is 27.8 Å². The van der Waals surface area contributed by atoms with Gasteiger partial charge in [0.25, 0.3) is 0 Å². The van der Waals surface area contributed by atoms with Gasteiger partial charge in [-0.3, -0.25) is 14.7 Å². The average Bonchev–Trinajstić information content (AvgIpc) is 3.33. The number of rotatable bonds is 8. The van der Waals surface area contributed by atoms with Crippen molar-refractivity contribution in [2.45, 2.75) is 32.7 Å². The second kappa shape index (κ2) is 12.2. The first-order valence-corrected chi connectivity index (χ1v) is 9.03. The molecule has 0 spiro atoms. The van der Waals surface area contributed by atoms with Gasteiger partial charge in [0.1, 0.15) is 5.76 Å². The Morgan fingerprint density at radius 1 is 1.38 bits per heavy atom. The van der Waals surface area contributed by atoms with Gasteiger partial charge in [0.2, 0.25) is 0 Å². The van der Waals surface area contributed by atoms with Crippen molar-refractivity contribution in [1.29, 1.82) is 0 Å². The summed E-state index contributed by atoms with van der Waals surface area (Å²) in [4.78, 5) is 18.5. The Labute approximate surface area is 173 Å². The Kier molecular flexibility index (Phi) is 10.6. The number of nitrogens with one attached hydrogen (secondary N) is 2. The Balaban J connectivity index is 0.00000338. The van der Waals surface area contributed by atoms with Crippen molar-refractivity contribution in [3.05, 3.63) is 24.2 Å². The van der Waals surface area contributed by atoms with Crippen LogP contribution in [-0.4, -0.2) is 56.7 Å². The molecular formula is C18H31IN4O3. The fraction of sp³-hybridized carbons (Fsp3) is 0.667. The zero-order chi connectivity index (χ0) is 18.1. The van der Waals surface area contributed by atoms with Gasteiger partial charge >= 0.3 is 5.97 Å². The molecule has 2 unspecified atom stereocenters. The van der Waals surface area contributed by atoms with Crippen LogP contribution in [0.5, 0.6) is 0 Å². The van der Waals surface area contributed by atoms with Crippen molar-refractivity contribution in [3.63, 3.8) is 0 Å². The normalized spacial score (nSPS) is 17.3. The Morgan fingerprint density at radius 2 is 2.12 bits per heavy atom. The number of likely N-dealkylation sites (tertiary alicyclic amines) is 1. The molecule has 7 nitrogen and oxygen atoms in total. The molecule has 1 aromatic rings. The Morgan fingerprint density at radius 3 is 2.69 bits per heavy atom. The van der Waals surface area contributed by atoms with E-state index in [1.54, 1.807) is 6.26 Å². The van der Waals surface area contributed by atoms with E-state index in [2.05, 4.69) is 20.5 Å². The first-order valence-electron chi connectivity index (χ1n) is 9.03. The van der Waals surface area contributed by atoms with Gasteiger partial charge in [0.15, 0.2) is 5.96 Å². The SMILES string of the molecule is CCNC(=NCC(C)C(=O)OC)NCC(c1ccco1)N1CCCC1.I. The molecule has 2 N–H and O–H groups in total. The number of hydrogen-bond donors (Lipinski definition) is 2. The summed E-state index contributed by atoms with van der Waals surface area (Å²) in [7, 11) is 1.40. The molecule has 0 amide bonds. The molecule has 1 fully saturated rings. The van der Waals surface area contributed by atoms with E-state index in [9.17, 15) is 4.79 Å². The second-order valence-corrected chi connectivity index (χ2v) is 6.30. The molecule has 26 heavy (non-hydrogen) atoms. The number of nitrogens with zero attached hydrogens (tertiary/aromatic N) is 2. The highest BCUT2D eigenvalue weighted by atomic mass is 127. The summed E-state index contributed by atoms with van der Waals surface area (Å²) in [6.45, 7) is 7.84. The largest absolute Gasteiger partial charge is 0.469 e. The topological polar surface area (TPSA) is 79.1 Å². The number of carbonyl (C=O) groups is 1. The minimum atomic E-state index is -0.264. The number of ether oxygens (including phenoxy) is 1. The van der Waals surface area contributed by atoms with Gasteiger partial charge in [0.05, 0.1) is 31.9 Å². The van der Waals surface area contributed by atoms with Crippen molar-refractivity contribution < 1.29 is 13.9 Å². The fourth-order valence-corrected chi connectivity index (χ4v) is 2.98. The van der Waals surface area contributed by atoms with Crippen molar-refractivity contribution >= 4 is 35.9 Å². The molecule has 1 aliphatic rings. The van der Waals surface area contributed by atoms with Crippen LogP contribution < -0.4 is 10.6 Å². The van der Waals surface area contributed by atoms with Crippen LogP contribution in [0.1, 0.15) is 38.5 Å². The highest BCUT2D eigenvalue weighted by molar-refractivity contribution is 14.0. The lowest BCUT2D eigenvalue weighted by molar-refractivity contribution is -0.144. The third-order valence-electron chi connectivity index (χ3n) is 4.39. The zero-order valence-corrected chi connectivity index (χ0v) is 18.2. The first-order chi connectivity index (χ1) is 12.2. The van der Waals surface area contributed by atoms with Gasteiger partial charge in [-0.25, -0.2) is 0 Å². The summed E-state index contributed by atoms with van der Waals surface area (Å²) in [5.41, 5.74) is 0. The van der Waals surface area contributed by atoms with Crippen LogP contribution in [0.3, 0.4) is 0 Å². The van der Waals surface area contributed by atoms with Crippen LogP contribution in [0.4, 0.5) is 0 Å². The van der Waals surface area contributed by atoms with E-state index in [4.69, 9.17) is 9.15 Å². The average molecular weight is 478 g/mol. The number of halogens is 1. The predicted octanol–water partition coefficient (Wildman–Crippen LogP) is 2.40. The molecule has 1 aromatic heterocycles. The molecule has 2 rings (SSSR count). The van der Waals surface area contributed by atoms with E-state index < -0.39 is 0 Å². The van der Waals surface area contributed by atoms with Crippen LogP contribution in [-0.2, 0) is 9.53 Å². The maximum absolute atomic E-state index is 11.5. The van der Waals surface area contributed by atoms with E-state index in [0.29, 0.717) is 19.0 Å². The molecule has 148 valence electrons. The van der Waals surface area contributed by atoms with Crippen molar-refractivity contribution in [1.82, 2.24) is 15.5 Å². The standard InChI is InChI=1S/C18H30N4O3.HI/c1-4-19-18(20-12-14(2)17(23)24-3)21-13-15(16-8-7-11-25-16)22-9-5-6-10-22;/h7-8,11,14-15H,4-6,9-10,12-13H2,1-3H3,(H2,19,20,21);1H. The molecule has 0 radical (unpaired) electrons. The highest BCUT2D eigenvalue weighted by Crippen LogP contribution is 2.24. The molecule has 2 heterocycles. The predicted molar refractivity (Wildman–Crippen MR) is 113 cm³/mol. The molecule has 0 bridgehead atoms. The summed E-state index contributed by atoms with van der Waals surface area (Å²) in [5.74, 6) is 1.16. The van der Waals surface area contributed by atoms with Crippen LogP contribution in [0, 0.1) is 5.92 Å². The number of guanidine groups is 1. The highest BCUT2D eigenvalue weighted by Gasteiger charge is 2.25. The third-order valence-corrected chi connectivity index (χ3v) is 4.39. The maximum atomic E-state index is 11.5. The lowest BCUT2D eigenvalue weighted by Gasteiger charge is -2.26. The van der Waals surface area contributed by atoms with E-state index in [1.807, 2.05) is 26.0 Å². The molecule has 2 atom stereocenters. The molecule has 0 saturated carbocycles. The quantitative estimate of drug-likeness (QED) is 0.259. The minimum absolute atomic E-state index is 0. The lowest BCUT2D eigenvalue weighted by Crippen LogP contribution is -2.43. The number of methoxy groups -OCH3 is 1. The van der Waals surface area contributed by atoms with Gasteiger partial charge in [-0.15, -0.1) is 24.0 Å². The molecule has 0 aliphatic carbocycles. The number of furan rings is 1. The van der Waals surface area contributed by atoms with Gasteiger partial charge in [-0.2, -0.15) is 0 Å². The molecule has 1 saturated heterocycles. The van der Waals surface area contributed by atoms with Crippen molar-refractivity contribution in [2.24, 2.45) is 10.9 Å². The summed E-state index contributed by atoms with van der Waals surface area (Å²) >= 11 is 0. The van der Waals surface area contributed by atoms with Crippen LogP contribution in [0.25, 0.3) is 0 Å². The van der Waals surface area contributed by atoms with Crippen LogP contribution in [0.2, 0.25) is 0 Å². The Hall–Kier alpha value is -1.29. The van der Waals surface area contributed by atoms with Gasteiger partial charge in [-0.1, -0.05) is 6.92 Å². The number of hydrogen-bond acceptors (Lipinski definition) is 5. The molecule has 0 aromatic carbocycles. The Bertz CT molecular complexity index is 545. The van der Waals surface area contributed by atoms with Crippen molar-refractivity contribution in [2.75, 3.05) is 39.8 Å². The van der Waals surface area contributed by atoms with Gasteiger partial charge < -0.3 is 19.8 Å². The molecule has 1 aliphatic heterocycles. The number of aliphatic imine (C=N–C) groups is 1. The lowest BCUT2D eigenvalue weighted by atomic mass is 10.2. The van der Waals surface area contributed by atoms with E-state index in [1.165, 1.54) is 20.0 Å². The van der Waals surface area contributed by atoms with E-state index in [0.717, 1.165) is 25.4 Å².